The van der Waals surface area contributed by atoms with Crippen molar-refractivity contribution >= 4 is 5.78 Å². The second kappa shape index (κ2) is 2.34. The van der Waals surface area contributed by atoms with Crippen molar-refractivity contribution in [3.63, 3.8) is 0 Å². The Labute approximate surface area is 55.8 Å². The maximum Gasteiger partial charge on any atom is 0.133 e. The molecule has 50 valence electrons. The number of hydrogen-bond donors (Lipinski definition) is 0. The normalized spacial score (nSPS) is 28.8. The lowest BCUT2D eigenvalue weighted by atomic mass is 9.86. The summed E-state index contributed by atoms with van der Waals surface area (Å²) in [6.45, 7) is 5.95. The quantitative estimate of drug-likeness (QED) is 0.451. The van der Waals surface area contributed by atoms with Gasteiger partial charge in [-0.3, -0.25) is 4.79 Å². The third-order valence-corrected chi connectivity index (χ3v) is 1.96. The lowest BCUT2D eigenvalue weighted by Crippen LogP contribution is -2.13. The molecule has 0 N–H and O–H groups in total. The first-order chi connectivity index (χ1) is 4.20. The van der Waals surface area contributed by atoms with Gasteiger partial charge in [0.05, 0.1) is 0 Å². The summed E-state index contributed by atoms with van der Waals surface area (Å²) in [5.74, 6) is 0.834. The summed E-state index contributed by atoms with van der Waals surface area (Å²) in [7, 11) is 0. The number of allylic oxidation sites excluding steroid dienone is 1. The highest BCUT2D eigenvalue weighted by Crippen LogP contribution is 2.24. The molecule has 0 amide bonds. The third kappa shape index (κ3) is 1.41. The van der Waals surface area contributed by atoms with Crippen LogP contribution in [0.1, 0.15) is 26.2 Å². The van der Waals surface area contributed by atoms with E-state index in [1.54, 1.807) is 0 Å². The summed E-state index contributed by atoms with van der Waals surface area (Å²) >= 11 is 0. The number of hydrogen-bond acceptors (Lipinski definition) is 1. The summed E-state index contributed by atoms with van der Waals surface area (Å²) in [6, 6.07) is 0. The van der Waals surface area contributed by atoms with Crippen LogP contribution in [-0.4, -0.2) is 5.78 Å². The van der Waals surface area contributed by atoms with Crippen LogP contribution in [0.25, 0.3) is 0 Å². The Balaban J connectivity index is 2.54. The van der Waals surface area contributed by atoms with Crippen LogP contribution in [0.2, 0.25) is 0 Å². The van der Waals surface area contributed by atoms with Gasteiger partial charge in [-0.1, -0.05) is 19.1 Å². The van der Waals surface area contributed by atoms with Gasteiger partial charge in [-0.05, 0) is 12.3 Å². The molecule has 0 aliphatic heterocycles. The summed E-state index contributed by atoms with van der Waals surface area (Å²) in [4.78, 5) is 10.8. The van der Waals surface area contributed by atoms with Gasteiger partial charge in [-0.2, -0.15) is 0 Å². The molecule has 0 aromatic carbocycles. The van der Waals surface area contributed by atoms with Gasteiger partial charge in [-0.15, -0.1) is 0 Å². The lowest BCUT2D eigenvalue weighted by molar-refractivity contribution is -0.120. The Morgan fingerprint density at radius 1 is 1.56 bits per heavy atom. The standard InChI is InChI=1S/C8H12O/c1-6-3-4-8(9)5-7(6)2/h7H,1,3-5H2,2H3/t7-/m1/s1. The lowest BCUT2D eigenvalue weighted by Gasteiger charge is -2.18. The van der Waals surface area contributed by atoms with Crippen LogP contribution in [0.4, 0.5) is 0 Å². The highest BCUT2D eigenvalue weighted by molar-refractivity contribution is 5.80. The Bertz CT molecular complexity index is 147. The second-order valence-electron chi connectivity index (χ2n) is 2.80. The molecule has 1 aliphatic carbocycles. The predicted octanol–water partition coefficient (Wildman–Crippen LogP) is 1.93. The zero-order chi connectivity index (χ0) is 6.85. The molecular weight excluding hydrogens is 112 g/mol. The first-order valence-corrected chi connectivity index (χ1v) is 3.39. The number of carbonyl (C=O) groups is 1. The average Bonchev–Trinajstić information content (AvgIpc) is 1.80. The number of ketones is 1. The molecule has 1 rings (SSSR count). The van der Waals surface area contributed by atoms with E-state index >= 15 is 0 Å². The fourth-order valence-corrected chi connectivity index (χ4v) is 1.13. The van der Waals surface area contributed by atoms with E-state index in [1.165, 1.54) is 5.57 Å². The topological polar surface area (TPSA) is 17.1 Å². The van der Waals surface area contributed by atoms with E-state index in [0.717, 1.165) is 19.3 Å². The molecule has 0 spiro atoms. The Hall–Kier alpha value is -0.590. The van der Waals surface area contributed by atoms with Crippen molar-refractivity contribution in [1.29, 1.82) is 0 Å². The Morgan fingerprint density at radius 3 is 2.67 bits per heavy atom. The summed E-state index contributed by atoms with van der Waals surface area (Å²) < 4.78 is 0. The van der Waals surface area contributed by atoms with Crippen molar-refractivity contribution in [1.82, 2.24) is 0 Å². The molecule has 0 radical (unpaired) electrons. The van der Waals surface area contributed by atoms with Crippen LogP contribution < -0.4 is 0 Å². The Morgan fingerprint density at radius 2 is 2.22 bits per heavy atom. The van der Waals surface area contributed by atoms with Gasteiger partial charge in [0, 0.05) is 12.8 Å². The fraction of sp³-hybridized carbons (Fsp3) is 0.625. The zero-order valence-electron chi connectivity index (χ0n) is 5.81. The molecule has 1 heteroatoms. The van der Waals surface area contributed by atoms with Gasteiger partial charge in [-0.25, -0.2) is 0 Å². The van der Waals surface area contributed by atoms with E-state index < -0.39 is 0 Å². The molecule has 0 heterocycles. The average molecular weight is 124 g/mol. The van der Waals surface area contributed by atoms with Gasteiger partial charge in [0.25, 0.3) is 0 Å². The first kappa shape index (κ1) is 6.53. The number of carbonyl (C=O) groups excluding carboxylic acids is 1. The predicted molar refractivity (Wildman–Crippen MR) is 37.2 cm³/mol. The van der Waals surface area contributed by atoms with Gasteiger partial charge in [0.2, 0.25) is 0 Å². The molecule has 1 atom stereocenters. The van der Waals surface area contributed by atoms with Crippen molar-refractivity contribution in [2.45, 2.75) is 26.2 Å². The van der Waals surface area contributed by atoms with Gasteiger partial charge in [0.15, 0.2) is 0 Å². The maximum absolute atomic E-state index is 10.8. The molecule has 0 aromatic rings. The van der Waals surface area contributed by atoms with Crippen LogP contribution in [-0.2, 0) is 4.79 Å². The van der Waals surface area contributed by atoms with Crippen molar-refractivity contribution in [3.8, 4) is 0 Å². The molecule has 0 saturated heterocycles. The molecular formula is C8H12O. The van der Waals surface area contributed by atoms with Crippen LogP contribution in [0.15, 0.2) is 12.2 Å². The minimum absolute atomic E-state index is 0.398. The van der Waals surface area contributed by atoms with Crippen LogP contribution >= 0.6 is 0 Å². The summed E-state index contributed by atoms with van der Waals surface area (Å²) in [5.41, 5.74) is 1.25. The molecule has 0 bridgehead atoms. The zero-order valence-corrected chi connectivity index (χ0v) is 5.81. The SMILES string of the molecule is C=C1CCC(=O)C[C@H]1C. The molecule has 1 nitrogen and oxygen atoms in total. The van der Waals surface area contributed by atoms with Crippen molar-refractivity contribution in [2.75, 3.05) is 0 Å². The molecule has 0 unspecified atom stereocenters. The van der Waals surface area contributed by atoms with Crippen LogP contribution in [0.5, 0.6) is 0 Å². The van der Waals surface area contributed by atoms with Crippen LogP contribution in [0.3, 0.4) is 0 Å². The van der Waals surface area contributed by atoms with Crippen molar-refractivity contribution in [2.24, 2.45) is 5.92 Å². The minimum Gasteiger partial charge on any atom is -0.300 e. The maximum atomic E-state index is 10.8. The first-order valence-electron chi connectivity index (χ1n) is 3.39. The van der Waals surface area contributed by atoms with E-state index in [4.69, 9.17) is 0 Å². The van der Waals surface area contributed by atoms with Gasteiger partial charge < -0.3 is 0 Å². The van der Waals surface area contributed by atoms with E-state index in [0.29, 0.717) is 11.7 Å². The van der Waals surface area contributed by atoms with E-state index in [9.17, 15) is 4.79 Å². The van der Waals surface area contributed by atoms with E-state index in [1.807, 2.05) is 0 Å². The van der Waals surface area contributed by atoms with E-state index in [2.05, 4.69) is 13.5 Å². The molecule has 9 heavy (non-hydrogen) atoms. The summed E-state index contributed by atoms with van der Waals surface area (Å²) in [5, 5.41) is 0. The molecule has 1 saturated carbocycles. The number of rotatable bonds is 0. The largest absolute Gasteiger partial charge is 0.300 e. The molecule has 1 fully saturated rings. The highest BCUT2D eigenvalue weighted by Gasteiger charge is 2.17. The summed E-state index contributed by atoms with van der Waals surface area (Å²) in [6.07, 6.45) is 2.36. The smallest absolute Gasteiger partial charge is 0.133 e. The van der Waals surface area contributed by atoms with Crippen LogP contribution in [0, 0.1) is 5.92 Å². The van der Waals surface area contributed by atoms with Crippen molar-refractivity contribution in [3.05, 3.63) is 12.2 Å². The second-order valence-corrected chi connectivity index (χ2v) is 2.80. The van der Waals surface area contributed by atoms with Gasteiger partial charge >= 0.3 is 0 Å². The van der Waals surface area contributed by atoms with Gasteiger partial charge in [0.1, 0.15) is 5.78 Å². The Kier molecular flexibility index (Phi) is 1.70. The molecule has 0 aromatic heterocycles. The highest BCUT2D eigenvalue weighted by atomic mass is 16.1. The van der Waals surface area contributed by atoms with Crippen molar-refractivity contribution < 1.29 is 4.79 Å². The van der Waals surface area contributed by atoms with E-state index in [-0.39, 0.29) is 0 Å². The number of Topliss-reactive ketones (excluding diaryl/α,β-unsaturated/α-hetero) is 1. The monoisotopic (exact) mass is 124 g/mol. The minimum atomic E-state index is 0.398. The fourth-order valence-electron chi connectivity index (χ4n) is 1.13. The third-order valence-electron chi connectivity index (χ3n) is 1.96. The molecule has 1 aliphatic rings.